The van der Waals surface area contributed by atoms with Gasteiger partial charge in [0.1, 0.15) is 11.8 Å². The highest BCUT2D eigenvalue weighted by Crippen LogP contribution is 2.33. The third kappa shape index (κ3) is 6.68. The predicted octanol–water partition coefficient (Wildman–Crippen LogP) is 6.19. The molecule has 0 aromatic heterocycles. The van der Waals surface area contributed by atoms with Crippen molar-refractivity contribution in [3.63, 3.8) is 0 Å². The smallest absolute Gasteiger partial charge is 0.261 e. The van der Waals surface area contributed by atoms with Crippen LogP contribution in [0, 0.1) is 0 Å². The fourth-order valence-electron chi connectivity index (χ4n) is 4.34. The number of ether oxygens (including phenoxy) is 3. The molecule has 1 aliphatic rings. The van der Waals surface area contributed by atoms with Gasteiger partial charge in [-0.1, -0.05) is 83.9 Å². The Balaban J connectivity index is 1.42. The number of hydrogen-bond acceptors (Lipinski definition) is 5. The lowest BCUT2D eigenvalue weighted by Gasteiger charge is -2.31. The van der Waals surface area contributed by atoms with E-state index in [1.165, 1.54) is 4.90 Å². The monoisotopic (exact) mass is 576 g/mol. The maximum Gasteiger partial charge on any atom is 0.261 e. The number of halogens is 2. The maximum absolute atomic E-state index is 13.8. The fraction of sp³-hybridized carbons (Fsp3) is 0.161. The lowest BCUT2D eigenvalue weighted by molar-refractivity contribution is -0.143. The zero-order valence-corrected chi connectivity index (χ0v) is 22.9. The van der Waals surface area contributed by atoms with Crippen LogP contribution in [0.3, 0.4) is 0 Å². The van der Waals surface area contributed by atoms with Crippen LogP contribution in [0.4, 0.5) is 0 Å². The van der Waals surface area contributed by atoms with Gasteiger partial charge in [-0.05, 0) is 53.1 Å². The number of carbonyl (C=O) groups is 2. The normalized spacial score (nSPS) is 12.4. The molecule has 4 aromatic carbocycles. The Bertz CT molecular complexity index is 1480. The number of fused-ring (bicyclic) bond motifs is 1. The topological polar surface area (TPSA) is 77.1 Å². The van der Waals surface area contributed by atoms with Gasteiger partial charge in [0.25, 0.3) is 5.91 Å². The minimum absolute atomic E-state index is 0.152. The second-order valence-corrected chi connectivity index (χ2v) is 9.93. The Morgan fingerprint density at radius 3 is 2.33 bits per heavy atom. The fourth-order valence-corrected chi connectivity index (χ4v) is 4.66. The van der Waals surface area contributed by atoms with Gasteiger partial charge in [-0.3, -0.25) is 9.59 Å². The molecular weight excluding hydrogens is 551 g/mol. The number of rotatable bonds is 10. The van der Waals surface area contributed by atoms with Gasteiger partial charge in [0.05, 0.1) is 5.02 Å². The first kappa shape index (κ1) is 27.4. The minimum atomic E-state index is -0.937. The first-order valence-electron chi connectivity index (χ1n) is 12.6. The van der Waals surface area contributed by atoms with E-state index in [-0.39, 0.29) is 38.3 Å². The van der Waals surface area contributed by atoms with Crippen LogP contribution < -0.4 is 19.5 Å². The number of nitrogens with one attached hydrogen (secondary N) is 1. The number of hydrogen-bond donors (Lipinski definition) is 1. The number of nitrogens with zero attached hydrogens (tertiary/aromatic N) is 1. The Labute approximate surface area is 242 Å². The molecule has 1 heterocycles. The summed E-state index contributed by atoms with van der Waals surface area (Å²) in [5.41, 5.74) is 2.30. The van der Waals surface area contributed by atoms with Gasteiger partial charge >= 0.3 is 0 Å². The van der Waals surface area contributed by atoms with Crippen LogP contribution in [0.2, 0.25) is 10.0 Å². The van der Waals surface area contributed by atoms with Gasteiger partial charge in [0.15, 0.2) is 18.1 Å². The number of para-hydroxylation sites is 1. The van der Waals surface area contributed by atoms with Crippen LogP contribution in [0.5, 0.6) is 17.2 Å². The molecular formula is C31H26Cl2N2O5. The van der Waals surface area contributed by atoms with Gasteiger partial charge in [0.2, 0.25) is 12.7 Å². The van der Waals surface area contributed by atoms with Crippen molar-refractivity contribution in [3.05, 3.63) is 124 Å². The second kappa shape index (κ2) is 12.8. The van der Waals surface area contributed by atoms with Crippen LogP contribution >= 0.6 is 23.2 Å². The molecule has 0 saturated carbocycles. The molecule has 5 rings (SSSR count). The van der Waals surface area contributed by atoms with E-state index in [1.54, 1.807) is 42.5 Å². The van der Waals surface area contributed by atoms with Crippen molar-refractivity contribution in [2.75, 3.05) is 13.4 Å². The summed E-state index contributed by atoms with van der Waals surface area (Å²) in [4.78, 5) is 29.1. The van der Waals surface area contributed by atoms with E-state index < -0.39 is 6.04 Å². The summed E-state index contributed by atoms with van der Waals surface area (Å²) in [6.07, 6.45) is 0. The summed E-state index contributed by atoms with van der Waals surface area (Å²) in [5, 5.41) is 3.95. The molecule has 2 amide bonds. The van der Waals surface area contributed by atoms with Gasteiger partial charge in [0, 0.05) is 18.1 Å². The van der Waals surface area contributed by atoms with E-state index in [0.29, 0.717) is 32.9 Å². The minimum Gasteiger partial charge on any atom is -0.482 e. The lowest BCUT2D eigenvalue weighted by Crippen LogP contribution is -2.45. The van der Waals surface area contributed by atoms with Crippen molar-refractivity contribution in [1.82, 2.24) is 10.2 Å². The maximum atomic E-state index is 13.8. The van der Waals surface area contributed by atoms with E-state index in [1.807, 2.05) is 54.6 Å². The summed E-state index contributed by atoms with van der Waals surface area (Å²) >= 11 is 12.3. The van der Waals surface area contributed by atoms with Crippen molar-refractivity contribution in [2.24, 2.45) is 0 Å². The van der Waals surface area contributed by atoms with Gasteiger partial charge in [-0.2, -0.15) is 0 Å². The van der Waals surface area contributed by atoms with E-state index >= 15 is 0 Å². The van der Waals surface area contributed by atoms with E-state index in [9.17, 15) is 9.59 Å². The molecule has 1 N–H and O–H groups in total. The first-order chi connectivity index (χ1) is 19.5. The molecule has 0 radical (unpaired) electrons. The molecule has 0 fully saturated rings. The Morgan fingerprint density at radius 1 is 0.850 bits per heavy atom. The molecule has 40 heavy (non-hydrogen) atoms. The van der Waals surface area contributed by atoms with Crippen molar-refractivity contribution < 1.29 is 23.8 Å². The quantitative estimate of drug-likeness (QED) is 0.243. The molecule has 0 spiro atoms. The first-order valence-corrected chi connectivity index (χ1v) is 13.4. The molecule has 204 valence electrons. The average Bonchev–Trinajstić information content (AvgIpc) is 3.45. The molecule has 1 aliphatic heterocycles. The third-order valence-corrected chi connectivity index (χ3v) is 6.92. The summed E-state index contributed by atoms with van der Waals surface area (Å²) in [5.74, 6) is 0.941. The van der Waals surface area contributed by atoms with E-state index in [0.717, 1.165) is 11.1 Å². The van der Waals surface area contributed by atoms with E-state index in [2.05, 4.69) is 5.32 Å². The van der Waals surface area contributed by atoms with Gasteiger partial charge in [-0.15, -0.1) is 0 Å². The average molecular weight is 577 g/mol. The highest BCUT2D eigenvalue weighted by Gasteiger charge is 2.32. The SMILES string of the molecule is O=C(NCc1ccc2c(c1)OCO2)[C@H](c1ccccc1)N(Cc1ccc(Cl)cc1)C(=O)COc1ccccc1Cl. The highest BCUT2D eigenvalue weighted by molar-refractivity contribution is 6.32. The standard InChI is InChI=1S/C31H26Cl2N2O5/c32-24-13-10-21(11-14-24)18-35(29(36)19-38-26-9-5-4-8-25(26)33)30(23-6-2-1-3-7-23)31(37)34-17-22-12-15-27-28(16-22)40-20-39-27/h1-16,30H,17-20H2,(H,34,37)/t30-/m0/s1. The zero-order valence-electron chi connectivity index (χ0n) is 21.4. The van der Waals surface area contributed by atoms with Crippen LogP contribution in [-0.2, 0) is 22.7 Å². The van der Waals surface area contributed by atoms with Crippen LogP contribution in [-0.4, -0.2) is 30.1 Å². The molecule has 0 saturated heterocycles. The number of amides is 2. The molecule has 0 aliphatic carbocycles. The molecule has 4 aromatic rings. The van der Waals surface area contributed by atoms with Crippen molar-refractivity contribution >= 4 is 35.0 Å². The Morgan fingerprint density at radius 2 is 1.55 bits per heavy atom. The summed E-state index contributed by atoms with van der Waals surface area (Å²) in [6.45, 7) is 0.242. The zero-order chi connectivity index (χ0) is 27.9. The van der Waals surface area contributed by atoms with Crippen molar-refractivity contribution in [1.29, 1.82) is 0 Å². The molecule has 9 heteroatoms. The Hall–Kier alpha value is -4.20. The van der Waals surface area contributed by atoms with Crippen LogP contribution in [0.25, 0.3) is 0 Å². The molecule has 1 atom stereocenters. The third-order valence-electron chi connectivity index (χ3n) is 6.35. The molecule has 0 unspecified atom stereocenters. The highest BCUT2D eigenvalue weighted by atomic mass is 35.5. The van der Waals surface area contributed by atoms with Crippen molar-refractivity contribution in [3.8, 4) is 17.2 Å². The van der Waals surface area contributed by atoms with Gasteiger partial charge in [-0.25, -0.2) is 0 Å². The van der Waals surface area contributed by atoms with Crippen molar-refractivity contribution in [2.45, 2.75) is 19.1 Å². The lowest BCUT2D eigenvalue weighted by atomic mass is 10.0. The summed E-state index contributed by atoms with van der Waals surface area (Å²) in [7, 11) is 0. The van der Waals surface area contributed by atoms with Crippen LogP contribution in [0.1, 0.15) is 22.7 Å². The number of benzene rings is 4. The Kier molecular flexibility index (Phi) is 8.74. The number of carbonyl (C=O) groups excluding carboxylic acids is 2. The molecule has 0 bridgehead atoms. The second-order valence-electron chi connectivity index (χ2n) is 9.09. The van der Waals surface area contributed by atoms with Crippen LogP contribution in [0.15, 0.2) is 97.1 Å². The summed E-state index contributed by atoms with van der Waals surface area (Å²) in [6, 6.07) is 27.8. The van der Waals surface area contributed by atoms with E-state index in [4.69, 9.17) is 37.4 Å². The predicted molar refractivity (Wildman–Crippen MR) is 153 cm³/mol. The summed E-state index contributed by atoms with van der Waals surface area (Å²) < 4.78 is 16.6. The molecule has 7 nitrogen and oxygen atoms in total. The largest absolute Gasteiger partial charge is 0.482 e. The van der Waals surface area contributed by atoms with Gasteiger partial charge < -0.3 is 24.4 Å².